The number of anilines is 3. The van der Waals surface area contributed by atoms with Gasteiger partial charge in [0.1, 0.15) is 23.4 Å². The second-order valence-corrected chi connectivity index (χ2v) is 9.03. The molecule has 2 amide bonds. The third-order valence-corrected chi connectivity index (χ3v) is 6.44. The van der Waals surface area contributed by atoms with Crippen LogP contribution >= 0.6 is 0 Å². The third-order valence-electron chi connectivity index (χ3n) is 6.44. The molecule has 2 aromatic heterocycles. The fraction of sp³-hybridized carbons (Fsp3) is 0.269. The number of urea groups is 1. The minimum absolute atomic E-state index is 0.256. The van der Waals surface area contributed by atoms with Crippen molar-refractivity contribution in [2.45, 2.75) is 12.7 Å². The average Bonchev–Trinajstić information content (AvgIpc) is 3.29. The summed E-state index contributed by atoms with van der Waals surface area (Å²) >= 11 is 0. The molecule has 4 aromatic rings. The van der Waals surface area contributed by atoms with Crippen LogP contribution < -0.4 is 21.1 Å². The summed E-state index contributed by atoms with van der Waals surface area (Å²) in [5.41, 5.74) is 7.61. The number of rotatable bonds is 6. The molecule has 0 radical (unpaired) electrons. The summed E-state index contributed by atoms with van der Waals surface area (Å²) in [7, 11) is 1.45. The molecule has 1 aliphatic heterocycles. The van der Waals surface area contributed by atoms with Gasteiger partial charge in [0, 0.05) is 42.5 Å². The van der Waals surface area contributed by atoms with E-state index >= 15 is 0 Å². The molecule has 3 heterocycles. The summed E-state index contributed by atoms with van der Waals surface area (Å²) in [4.78, 5) is 18.9. The van der Waals surface area contributed by atoms with Crippen molar-refractivity contribution < 1.29 is 31.8 Å². The van der Waals surface area contributed by atoms with E-state index in [0.717, 1.165) is 18.8 Å². The zero-order chi connectivity index (χ0) is 28.4. The molecule has 14 heteroatoms. The second kappa shape index (κ2) is 11.0. The van der Waals surface area contributed by atoms with Crippen LogP contribution in [0.2, 0.25) is 0 Å². The van der Waals surface area contributed by atoms with Gasteiger partial charge >= 0.3 is 12.2 Å². The number of fused-ring (bicyclic) bond motifs is 1. The van der Waals surface area contributed by atoms with Gasteiger partial charge in [-0.05, 0) is 36.4 Å². The number of nitrogens with two attached hydrogens (primary N) is 1. The van der Waals surface area contributed by atoms with Crippen LogP contribution in [-0.2, 0) is 17.5 Å². The number of nitrogen functional groups attached to an aromatic ring is 1. The van der Waals surface area contributed by atoms with Crippen molar-refractivity contribution in [1.29, 1.82) is 0 Å². The summed E-state index contributed by atoms with van der Waals surface area (Å²) in [5.74, 6) is -0.369. The molecule has 1 aliphatic rings. The molecular weight excluding hydrogens is 534 g/mol. The lowest BCUT2D eigenvalue weighted by molar-refractivity contribution is -0.137. The van der Waals surface area contributed by atoms with Crippen molar-refractivity contribution in [3.8, 4) is 16.9 Å². The molecule has 40 heavy (non-hydrogen) atoms. The third kappa shape index (κ3) is 5.62. The van der Waals surface area contributed by atoms with Crippen molar-refractivity contribution in [3.05, 3.63) is 65.9 Å². The maximum atomic E-state index is 14.1. The molecule has 4 N–H and O–H groups in total. The summed E-state index contributed by atoms with van der Waals surface area (Å²) in [6.07, 6.45) is -3.31. The van der Waals surface area contributed by atoms with E-state index in [-0.39, 0.29) is 11.5 Å². The topological polar surface area (TPSA) is 119 Å². The number of amides is 2. The van der Waals surface area contributed by atoms with Crippen LogP contribution in [0.1, 0.15) is 11.3 Å². The zero-order valence-corrected chi connectivity index (χ0v) is 21.3. The molecular formula is C26H25F4N7O3. The number of morpholine rings is 1. The predicted molar refractivity (Wildman–Crippen MR) is 140 cm³/mol. The number of hydrogen-bond acceptors (Lipinski definition) is 7. The number of aromatic nitrogens is 3. The molecule has 210 valence electrons. The summed E-state index contributed by atoms with van der Waals surface area (Å²) in [6, 6.07) is 7.57. The standard InChI is InChI=1S/C26H25F4N7O3/c1-39-22-11-16(34-25(38)35-21-10-15(26(28,29)30)2-5-20(21)27)3-4-18(22)19-12-17(13-36-6-8-40-9-7-36)37-23(19)24(31)32-14-33-37/h2-5,10-12,14H,6-9,13H2,1H3,(H2,31,32,33)(H2,34,35,38). The molecule has 1 saturated heterocycles. The van der Waals surface area contributed by atoms with E-state index in [9.17, 15) is 22.4 Å². The van der Waals surface area contributed by atoms with Gasteiger partial charge in [-0.1, -0.05) is 0 Å². The Balaban J connectivity index is 1.41. The number of hydrogen-bond donors (Lipinski definition) is 3. The maximum absolute atomic E-state index is 14.1. The maximum Gasteiger partial charge on any atom is 0.416 e. The lowest BCUT2D eigenvalue weighted by Crippen LogP contribution is -2.36. The van der Waals surface area contributed by atoms with Gasteiger partial charge < -0.3 is 25.8 Å². The van der Waals surface area contributed by atoms with Gasteiger partial charge in [0.05, 0.1) is 37.3 Å². The van der Waals surface area contributed by atoms with Gasteiger partial charge in [-0.3, -0.25) is 4.90 Å². The van der Waals surface area contributed by atoms with E-state index in [0.29, 0.717) is 60.4 Å². The fourth-order valence-corrected chi connectivity index (χ4v) is 4.51. The number of halogens is 4. The average molecular weight is 560 g/mol. The Hall–Kier alpha value is -4.43. The van der Waals surface area contributed by atoms with E-state index in [1.165, 1.54) is 19.5 Å². The second-order valence-electron chi connectivity index (χ2n) is 9.03. The molecule has 0 aliphatic carbocycles. The summed E-state index contributed by atoms with van der Waals surface area (Å²) in [6.45, 7) is 3.45. The van der Waals surface area contributed by atoms with E-state index in [1.54, 1.807) is 16.6 Å². The normalized spacial score (nSPS) is 14.3. The van der Waals surface area contributed by atoms with Gasteiger partial charge in [-0.25, -0.2) is 18.7 Å². The van der Waals surface area contributed by atoms with Crippen molar-refractivity contribution >= 4 is 28.7 Å². The minimum atomic E-state index is -4.69. The van der Waals surface area contributed by atoms with E-state index in [2.05, 4.69) is 25.6 Å². The number of nitrogens with zero attached hydrogens (tertiary/aromatic N) is 4. The highest BCUT2D eigenvalue weighted by Crippen LogP contribution is 2.38. The van der Waals surface area contributed by atoms with Crippen LogP contribution in [0.25, 0.3) is 16.6 Å². The van der Waals surface area contributed by atoms with Crippen molar-refractivity contribution in [2.75, 3.05) is 49.8 Å². The number of carbonyl (C=O) groups is 1. The van der Waals surface area contributed by atoms with Gasteiger partial charge in [0.15, 0.2) is 5.82 Å². The first-order valence-electron chi connectivity index (χ1n) is 12.2. The SMILES string of the molecule is COc1cc(NC(=O)Nc2cc(C(F)(F)F)ccc2F)ccc1-c1cc(CN2CCOCC2)n2ncnc(N)c12. The monoisotopic (exact) mass is 559 g/mol. The van der Waals surface area contributed by atoms with Crippen molar-refractivity contribution in [1.82, 2.24) is 19.5 Å². The quantitative estimate of drug-likeness (QED) is 0.295. The molecule has 0 atom stereocenters. The first-order chi connectivity index (χ1) is 19.1. The number of alkyl halides is 3. The van der Waals surface area contributed by atoms with E-state index in [1.807, 2.05) is 6.07 Å². The summed E-state index contributed by atoms with van der Waals surface area (Å²) < 4.78 is 65.8. The highest BCUT2D eigenvalue weighted by Gasteiger charge is 2.31. The highest BCUT2D eigenvalue weighted by atomic mass is 19.4. The number of carbonyl (C=O) groups excluding carboxylic acids is 1. The lowest BCUT2D eigenvalue weighted by atomic mass is 10.0. The number of nitrogens with one attached hydrogen (secondary N) is 2. The summed E-state index contributed by atoms with van der Waals surface area (Å²) in [5, 5.41) is 8.99. The Morgan fingerprint density at radius 1 is 1.10 bits per heavy atom. The van der Waals surface area contributed by atoms with Gasteiger partial charge in [-0.15, -0.1) is 0 Å². The Labute approximate surface area is 225 Å². The molecule has 1 fully saturated rings. The minimum Gasteiger partial charge on any atom is -0.496 e. The number of ether oxygens (including phenoxy) is 2. The highest BCUT2D eigenvalue weighted by molar-refractivity contribution is 6.00. The Morgan fingerprint density at radius 3 is 2.60 bits per heavy atom. The van der Waals surface area contributed by atoms with Crippen LogP contribution in [-0.4, -0.2) is 58.9 Å². The van der Waals surface area contributed by atoms with Gasteiger partial charge in [0.25, 0.3) is 0 Å². The molecule has 0 saturated carbocycles. The van der Waals surface area contributed by atoms with Crippen molar-refractivity contribution in [3.63, 3.8) is 0 Å². The fourth-order valence-electron chi connectivity index (χ4n) is 4.51. The van der Waals surface area contributed by atoms with Crippen LogP contribution in [0.3, 0.4) is 0 Å². The largest absolute Gasteiger partial charge is 0.496 e. The van der Waals surface area contributed by atoms with Gasteiger partial charge in [-0.2, -0.15) is 18.3 Å². The van der Waals surface area contributed by atoms with Crippen LogP contribution in [0.4, 0.5) is 39.5 Å². The molecule has 0 bridgehead atoms. The molecule has 10 nitrogen and oxygen atoms in total. The first kappa shape index (κ1) is 27.1. The molecule has 0 unspecified atom stereocenters. The number of benzene rings is 2. The molecule has 0 spiro atoms. The first-order valence-corrected chi connectivity index (χ1v) is 12.2. The van der Waals surface area contributed by atoms with Gasteiger partial charge in [0.2, 0.25) is 0 Å². The van der Waals surface area contributed by atoms with Crippen molar-refractivity contribution in [2.24, 2.45) is 0 Å². The van der Waals surface area contributed by atoms with Crippen LogP contribution in [0.5, 0.6) is 5.75 Å². The lowest BCUT2D eigenvalue weighted by Gasteiger charge is -2.26. The smallest absolute Gasteiger partial charge is 0.416 e. The molecule has 5 rings (SSSR count). The zero-order valence-electron chi connectivity index (χ0n) is 21.3. The van der Waals surface area contributed by atoms with E-state index < -0.39 is 29.3 Å². The van der Waals surface area contributed by atoms with Crippen LogP contribution in [0, 0.1) is 5.82 Å². The van der Waals surface area contributed by atoms with E-state index in [4.69, 9.17) is 15.2 Å². The number of methoxy groups -OCH3 is 1. The predicted octanol–water partition coefficient (Wildman–Crippen LogP) is 4.62. The Bertz CT molecular complexity index is 1550. The van der Waals surface area contributed by atoms with Crippen LogP contribution in [0.15, 0.2) is 48.8 Å². The Morgan fingerprint density at radius 2 is 1.88 bits per heavy atom. The molecule has 2 aromatic carbocycles. The Kier molecular flexibility index (Phi) is 7.45.